The summed E-state index contributed by atoms with van der Waals surface area (Å²) >= 11 is 0. The van der Waals surface area contributed by atoms with Crippen LogP contribution in [0.1, 0.15) is 38.3 Å². The summed E-state index contributed by atoms with van der Waals surface area (Å²) < 4.78 is 0. The van der Waals surface area contributed by atoms with Crippen LogP contribution in [0.15, 0.2) is 30.3 Å². The highest BCUT2D eigenvalue weighted by Gasteiger charge is 2.16. The van der Waals surface area contributed by atoms with Gasteiger partial charge in [0.1, 0.15) is 0 Å². The summed E-state index contributed by atoms with van der Waals surface area (Å²) in [6.07, 6.45) is 2.12. The molecule has 0 saturated carbocycles. The summed E-state index contributed by atoms with van der Waals surface area (Å²) in [5.74, 6) is 0. The van der Waals surface area contributed by atoms with Crippen molar-refractivity contribution in [1.82, 2.24) is 10.2 Å². The minimum atomic E-state index is -0.00481. The highest BCUT2D eigenvalue weighted by atomic mass is 16.2. The Labute approximate surface area is 104 Å². The number of benzene rings is 1. The lowest BCUT2D eigenvalue weighted by Crippen LogP contribution is -2.39. The Bertz CT molecular complexity index is 337. The Morgan fingerprint density at radius 1 is 1.35 bits per heavy atom. The van der Waals surface area contributed by atoms with E-state index in [2.05, 4.69) is 12.2 Å². The second kappa shape index (κ2) is 6.94. The molecule has 0 spiro atoms. The molecule has 0 heterocycles. The van der Waals surface area contributed by atoms with Crippen LogP contribution in [0.2, 0.25) is 0 Å². The van der Waals surface area contributed by atoms with Crippen molar-refractivity contribution in [3.63, 3.8) is 0 Å². The second-order valence-corrected chi connectivity index (χ2v) is 4.28. The fourth-order valence-corrected chi connectivity index (χ4v) is 1.63. The molecule has 0 fully saturated rings. The van der Waals surface area contributed by atoms with Gasteiger partial charge in [0.05, 0.1) is 6.04 Å². The lowest BCUT2D eigenvalue weighted by Gasteiger charge is -2.25. The number of carbonyl (C=O) groups is 1. The molecule has 0 saturated heterocycles. The zero-order valence-corrected chi connectivity index (χ0v) is 10.9. The molecule has 2 amide bonds. The highest BCUT2D eigenvalue weighted by Crippen LogP contribution is 2.17. The Morgan fingerprint density at radius 2 is 2.00 bits per heavy atom. The number of carbonyl (C=O) groups excluding carboxylic acids is 1. The van der Waals surface area contributed by atoms with Crippen LogP contribution in [0.25, 0.3) is 0 Å². The molecule has 1 aromatic rings. The van der Waals surface area contributed by atoms with E-state index in [0.717, 1.165) is 24.9 Å². The molecule has 0 radical (unpaired) electrons. The first-order valence-electron chi connectivity index (χ1n) is 6.22. The molecule has 0 aromatic heterocycles. The van der Waals surface area contributed by atoms with Gasteiger partial charge in [-0.25, -0.2) is 4.79 Å². The third kappa shape index (κ3) is 4.10. The van der Waals surface area contributed by atoms with Crippen molar-refractivity contribution < 1.29 is 4.79 Å². The van der Waals surface area contributed by atoms with Crippen molar-refractivity contribution in [3.8, 4) is 0 Å². The number of amides is 2. The van der Waals surface area contributed by atoms with Gasteiger partial charge >= 0.3 is 6.03 Å². The Kier molecular flexibility index (Phi) is 5.53. The molecule has 1 N–H and O–H groups in total. The lowest BCUT2D eigenvalue weighted by molar-refractivity contribution is 0.194. The zero-order valence-electron chi connectivity index (χ0n) is 10.9. The predicted molar refractivity (Wildman–Crippen MR) is 70.9 cm³/mol. The first kappa shape index (κ1) is 13.6. The summed E-state index contributed by atoms with van der Waals surface area (Å²) in [5.41, 5.74) is 1.15. The third-order valence-electron chi connectivity index (χ3n) is 2.99. The first-order valence-corrected chi connectivity index (χ1v) is 6.22. The molecule has 1 atom stereocenters. The van der Waals surface area contributed by atoms with Gasteiger partial charge < -0.3 is 10.2 Å². The van der Waals surface area contributed by atoms with Gasteiger partial charge in [0, 0.05) is 13.6 Å². The first-order chi connectivity index (χ1) is 8.16. The van der Waals surface area contributed by atoms with E-state index in [4.69, 9.17) is 0 Å². The van der Waals surface area contributed by atoms with Gasteiger partial charge in [0.15, 0.2) is 0 Å². The molecule has 94 valence electrons. The average molecular weight is 234 g/mol. The number of hydrogen-bond acceptors (Lipinski definition) is 1. The molecule has 0 aliphatic rings. The molecule has 0 bridgehead atoms. The molecule has 0 aliphatic heterocycles. The third-order valence-corrected chi connectivity index (χ3v) is 2.99. The van der Waals surface area contributed by atoms with Crippen LogP contribution in [0, 0.1) is 0 Å². The molecular weight excluding hydrogens is 212 g/mol. The van der Waals surface area contributed by atoms with Crippen LogP contribution in [0.5, 0.6) is 0 Å². The molecule has 1 aromatic carbocycles. The molecule has 1 unspecified atom stereocenters. The molecule has 17 heavy (non-hydrogen) atoms. The van der Waals surface area contributed by atoms with E-state index in [0.29, 0.717) is 0 Å². The van der Waals surface area contributed by atoms with Crippen molar-refractivity contribution in [3.05, 3.63) is 35.9 Å². The Hall–Kier alpha value is -1.51. The quantitative estimate of drug-likeness (QED) is 0.780. The van der Waals surface area contributed by atoms with E-state index in [9.17, 15) is 4.79 Å². The number of rotatable bonds is 5. The van der Waals surface area contributed by atoms with E-state index in [1.54, 1.807) is 4.90 Å². The van der Waals surface area contributed by atoms with Crippen LogP contribution >= 0.6 is 0 Å². The largest absolute Gasteiger partial charge is 0.338 e. The maximum atomic E-state index is 11.8. The maximum Gasteiger partial charge on any atom is 0.317 e. The summed E-state index contributed by atoms with van der Waals surface area (Å²) in [5, 5.41) is 2.92. The van der Waals surface area contributed by atoms with Crippen molar-refractivity contribution in [1.29, 1.82) is 0 Å². The standard InChI is InChI=1S/C14H22N2O/c1-4-5-11-15-14(17)16(3)12(2)13-9-7-6-8-10-13/h6-10,12H,4-5,11H2,1-3H3,(H,15,17). The normalized spacial score (nSPS) is 11.9. The monoisotopic (exact) mass is 234 g/mol. The number of hydrogen-bond donors (Lipinski definition) is 1. The summed E-state index contributed by atoms with van der Waals surface area (Å²) in [7, 11) is 1.83. The van der Waals surface area contributed by atoms with Gasteiger partial charge in [-0.3, -0.25) is 0 Å². The topological polar surface area (TPSA) is 32.3 Å². The Balaban J connectivity index is 2.51. The SMILES string of the molecule is CCCCNC(=O)N(C)C(C)c1ccccc1. The van der Waals surface area contributed by atoms with Crippen molar-refractivity contribution in [2.45, 2.75) is 32.7 Å². The van der Waals surface area contributed by atoms with Crippen LogP contribution in [-0.4, -0.2) is 24.5 Å². The van der Waals surface area contributed by atoms with Crippen molar-refractivity contribution in [2.24, 2.45) is 0 Å². The van der Waals surface area contributed by atoms with E-state index in [1.807, 2.05) is 44.3 Å². The van der Waals surface area contributed by atoms with E-state index in [-0.39, 0.29) is 12.1 Å². The summed E-state index contributed by atoms with van der Waals surface area (Å²) in [6, 6.07) is 10.1. The predicted octanol–water partition coefficient (Wildman–Crippen LogP) is 3.19. The maximum absolute atomic E-state index is 11.8. The summed E-state index contributed by atoms with van der Waals surface area (Å²) in [6.45, 7) is 4.90. The minimum absolute atomic E-state index is 0.00481. The van der Waals surface area contributed by atoms with Gasteiger partial charge in [-0.15, -0.1) is 0 Å². The zero-order chi connectivity index (χ0) is 12.7. The second-order valence-electron chi connectivity index (χ2n) is 4.28. The lowest BCUT2D eigenvalue weighted by atomic mass is 10.1. The summed E-state index contributed by atoms with van der Waals surface area (Å²) in [4.78, 5) is 13.6. The average Bonchev–Trinajstić information content (AvgIpc) is 2.38. The number of urea groups is 1. The minimum Gasteiger partial charge on any atom is -0.338 e. The van der Waals surface area contributed by atoms with Crippen LogP contribution in [-0.2, 0) is 0 Å². The molecule has 3 heteroatoms. The molecule has 3 nitrogen and oxygen atoms in total. The van der Waals surface area contributed by atoms with Gasteiger partial charge in [0.2, 0.25) is 0 Å². The van der Waals surface area contributed by atoms with E-state index in [1.165, 1.54) is 0 Å². The fourth-order valence-electron chi connectivity index (χ4n) is 1.63. The smallest absolute Gasteiger partial charge is 0.317 e. The number of nitrogens with one attached hydrogen (secondary N) is 1. The number of nitrogens with zero attached hydrogens (tertiary/aromatic N) is 1. The van der Waals surface area contributed by atoms with Crippen LogP contribution in [0.4, 0.5) is 4.79 Å². The fraction of sp³-hybridized carbons (Fsp3) is 0.500. The van der Waals surface area contributed by atoms with E-state index < -0.39 is 0 Å². The molecule has 1 rings (SSSR count). The highest BCUT2D eigenvalue weighted by molar-refractivity contribution is 5.74. The van der Waals surface area contributed by atoms with Crippen molar-refractivity contribution >= 4 is 6.03 Å². The molecule has 0 aliphatic carbocycles. The number of unbranched alkanes of at least 4 members (excludes halogenated alkanes) is 1. The molecular formula is C14H22N2O. The van der Waals surface area contributed by atoms with Crippen molar-refractivity contribution in [2.75, 3.05) is 13.6 Å². The van der Waals surface area contributed by atoms with Gasteiger partial charge in [-0.2, -0.15) is 0 Å². The van der Waals surface area contributed by atoms with Crippen LogP contribution < -0.4 is 5.32 Å². The van der Waals surface area contributed by atoms with Gasteiger partial charge in [-0.05, 0) is 18.9 Å². The van der Waals surface area contributed by atoms with Gasteiger partial charge in [0.25, 0.3) is 0 Å². The van der Waals surface area contributed by atoms with Gasteiger partial charge in [-0.1, -0.05) is 43.7 Å². The Morgan fingerprint density at radius 3 is 2.59 bits per heavy atom. The van der Waals surface area contributed by atoms with E-state index >= 15 is 0 Å². The van der Waals surface area contributed by atoms with Crippen LogP contribution in [0.3, 0.4) is 0 Å².